The van der Waals surface area contributed by atoms with E-state index in [0.29, 0.717) is 4.47 Å². The van der Waals surface area contributed by atoms with Crippen LogP contribution >= 0.6 is 15.9 Å². The molecule has 8 heteroatoms. The van der Waals surface area contributed by atoms with Gasteiger partial charge in [0.25, 0.3) is 11.8 Å². The number of carboxylic acids is 1. The van der Waals surface area contributed by atoms with Crippen LogP contribution in [0.2, 0.25) is 0 Å². The van der Waals surface area contributed by atoms with E-state index >= 15 is 0 Å². The van der Waals surface area contributed by atoms with Gasteiger partial charge in [-0.2, -0.15) is 0 Å². The lowest BCUT2D eigenvalue weighted by Gasteiger charge is -2.14. The Hall–Kier alpha value is -2.19. The number of hydrogen-bond acceptors (Lipinski definition) is 5. The Bertz CT molecular complexity index is 656. The van der Waals surface area contributed by atoms with Crippen molar-refractivity contribution in [2.75, 3.05) is 18.5 Å². The van der Waals surface area contributed by atoms with E-state index in [-0.39, 0.29) is 30.1 Å². The number of imide groups is 1. The van der Waals surface area contributed by atoms with Gasteiger partial charge in [0.2, 0.25) is 0 Å². The quantitative estimate of drug-likeness (QED) is 0.675. The molecule has 2 rings (SSSR count). The highest BCUT2D eigenvalue weighted by atomic mass is 79.9. The smallest absolute Gasteiger partial charge is 0.337 e. The third-order valence-electron chi connectivity index (χ3n) is 2.81. The van der Waals surface area contributed by atoms with Crippen molar-refractivity contribution in [2.24, 2.45) is 0 Å². The Morgan fingerprint density at radius 3 is 2.67 bits per heavy atom. The summed E-state index contributed by atoms with van der Waals surface area (Å²) in [6, 6.07) is 4.49. The second kappa shape index (κ2) is 6.06. The molecule has 0 unspecified atom stereocenters. The number of carbonyl (C=O) groups excluding carboxylic acids is 2. The number of aliphatic hydroxyl groups is 1. The van der Waals surface area contributed by atoms with Crippen molar-refractivity contribution >= 4 is 39.4 Å². The van der Waals surface area contributed by atoms with Gasteiger partial charge in [-0.1, -0.05) is 15.9 Å². The average molecular weight is 355 g/mol. The van der Waals surface area contributed by atoms with Crippen LogP contribution < -0.4 is 5.32 Å². The van der Waals surface area contributed by atoms with E-state index in [2.05, 4.69) is 21.2 Å². The van der Waals surface area contributed by atoms with Crippen molar-refractivity contribution in [3.63, 3.8) is 0 Å². The maximum atomic E-state index is 12.0. The highest BCUT2D eigenvalue weighted by molar-refractivity contribution is 9.10. The first kappa shape index (κ1) is 15.2. The molecule has 0 radical (unpaired) electrons. The van der Waals surface area contributed by atoms with Crippen LogP contribution in [0, 0.1) is 0 Å². The minimum absolute atomic E-state index is 0.0294. The predicted molar refractivity (Wildman–Crippen MR) is 76.6 cm³/mol. The minimum atomic E-state index is -1.16. The van der Waals surface area contributed by atoms with E-state index in [9.17, 15) is 14.4 Å². The van der Waals surface area contributed by atoms with E-state index in [1.165, 1.54) is 12.1 Å². The number of benzene rings is 1. The van der Waals surface area contributed by atoms with Crippen molar-refractivity contribution in [3.8, 4) is 0 Å². The van der Waals surface area contributed by atoms with E-state index in [1.54, 1.807) is 6.07 Å². The van der Waals surface area contributed by atoms with Crippen LogP contribution in [-0.2, 0) is 9.59 Å². The van der Waals surface area contributed by atoms with Crippen molar-refractivity contribution in [1.29, 1.82) is 0 Å². The first-order chi connectivity index (χ1) is 9.93. The van der Waals surface area contributed by atoms with Crippen molar-refractivity contribution in [3.05, 3.63) is 40.0 Å². The monoisotopic (exact) mass is 354 g/mol. The number of carboxylic acid groups (broad SMARTS) is 1. The number of β-amino-alcohol motifs (C(OH)–C–C–N with tert-alkyl or cyclic N) is 1. The molecule has 1 heterocycles. The molecule has 1 aromatic rings. The second-order valence-electron chi connectivity index (χ2n) is 4.20. The van der Waals surface area contributed by atoms with Gasteiger partial charge in [0.1, 0.15) is 5.70 Å². The number of amides is 2. The maximum absolute atomic E-state index is 12.0. The summed E-state index contributed by atoms with van der Waals surface area (Å²) in [6.45, 7) is -0.442. The van der Waals surface area contributed by atoms with Gasteiger partial charge in [-0.3, -0.25) is 14.5 Å². The molecule has 0 spiro atoms. The summed E-state index contributed by atoms with van der Waals surface area (Å²) in [5.41, 5.74) is 0.133. The lowest BCUT2D eigenvalue weighted by molar-refractivity contribution is -0.137. The largest absolute Gasteiger partial charge is 0.478 e. The Morgan fingerprint density at radius 2 is 2.05 bits per heavy atom. The first-order valence-electron chi connectivity index (χ1n) is 5.92. The third kappa shape index (κ3) is 3.11. The number of aromatic carboxylic acids is 1. The summed E-state index contributed by atoms with van der Waals surface area (Å²) in [7, 11) is 0. The molecule has 0 saturated carbocycles. The highest BCUT2D eigenvalue weighted by Crippen LogP contribution is 2.24. The molecule has 1 aliphatic rings. The fraction of sp³-hybridized carbons (Fsp3) is 0.154. The Morgan fingerprint density at radius 1 is 1.33 bits per heavy atom. The number of nitrogens with zero attached hydrogens (tertiary/aromatic N) is 1. The number of aliphatic hydroxyl groups excluding tert-OH is 1. The van der Waals surface area contributed by atoms with Crippen LogP contribution in [0.5, 0.6) is 0 Å². The summed E-state index contributed by atoms with van der Waals surface area (Å²) in [6.07, 6.45) is 1.08. The highest BCUT2D eigenvalue weighted by Gasteiger charge is 2.31. The van der Waals surface area contributed by atoms with Gasteiger partial charge >= 0.3 is 5.97 Å². The standard InChI is InChI=1S/C13H11BrN2O5/c14-7-1-2-9(8(5-7)13(20)21)15-10-6-11(18)16(3-4-17)12(10)19/h1-2,5-6,15,17H,3-4H2,(H,20,21). The van der Waals surface area contributed by atoms with E-state index in [0.717, 1.165) is 11.0 Å². The van der Waals surface area contributed by atoms with Gasteiger partial charge in [0.05, 0.1) is 24.4 Å². The summed E-state index contributed by atoms with van der Waals surface area (Å²) >= 11 is 3.17. The lowest BCUT2D eigenvalue weighted by Crippen LogP contribution is -2.34. The normalized spacial score (nSPS) is 14.4. The molecule has 0 aromatic heterocycles. The first-order valence-corrected chi connectivity index (χ1v) is 6.71. The van der Waals surface area contributed by atoms with Crippen molar-refractivity contribution in [2.45, 2.75) is 0 Å². The molecule has 21 heavy (non-hydrogen) atoms. The zero-order valence-corrected chi connectivity index (χ0v) is 12.3. The summed E-state index contributed by atoms with van der Waals surface area (Å²) < 4.78 is 0.579. The molecule has 1 aromatic carbocycles. The fourth-order valence-corrected chi connectivity index (χ4v) is 2.22. The van der Waals surface area contributed by atoms with Crippen LogP contribution in [0.25, 0.3) is 0 Å². The molecular weight excluding hydrogens is 344 g/mol. The lowest BCUT2D eigenvalue weighted by atomic mass is 10.1. The van der Waals surface area contributed by atoms with Gasteiger partial charge in [-0.05, 0) is 18.2 Å². The zero-order valence-electron chi connectivity index (χ0n) is 10.7. The average Bonchev–Trinajstić information content (AvgIpc) is 2.68. The molecule has 7 nitrogen and oxygen atoms in total. The number of rotatable bonds is 5. The Kier molecular flexibility index (Phi) is 4.39. The van der Waals surface area contributed by atoms with Crippen LogP contribution in [0.1, 0.15) is 10.4 Å². The van der Waals surface area contributed by atoms with Gasteiger partial charge in [-0.15, -0.1) is 0 Å². The van der Waals surface area contributed by atoms with Crippen LogP contribution in [0.15, 0.2) is 34.4 Å². The van der Waals surface area contributed by atoms with Crippen molar-refractivity contribution < 1.29 is 24.6 Å². The molecule has 0 fully saturated rings. The van der Waals surface area contributed by atoms with Gasteiger partial charge in [-0.25, -0.2) is 4.79 Å². The predicted octanol–water partition coefficient (Wildman–Crippen LogP) is 0.804. The minimum Gasteiger partial charge on any atom is -0.478 e. The zero-order chi connectivity index (χ0) is 15.6. The van der Waals surface area contributed by atoms with Gasteiger partial charge in [0, 0.05) is 10.5 Å². The SMILES string of the molecule is O=C(O)c1cc(Br)ccc1NC1=CC(=O)N(CCO)C1=O. The summed E-state index contributed by atoms with van der Waals surface area (Å²) in [5, 5.41) is 20.6. The third-order valence-corrected chi connectivity index (χ3v) is 3.31. The maximum Gasteiger partial charge on any atom is 0.337 e. The fourth-order valence-electron chi connectivity index (χ4n) is 1.86. The molecule has 0 saturated heterocycles. The van der Waals surface area contributed by atoms with E-state index < -0.39 is 17.8 Å². The molecule has 0 aliphatic carbocycles. The molecule has 2 amide bonds. The topological polar surface area (TPSA) is 107 Å². The molecule has 3 N–H and O–H groups in total. The Labute approximate surface area is 128 Å². The Balaban J connectivity index is 2.28. The van der Waals surface area contributed by atoms with Crippen molar-refractivity contribution in [1.82, 2.24) is 4.90 Å². The number of halogens is 1. The molecule has 0 bridgehead atoms. The summed E-state index contributed by atoms with van der Waals surface area (Å²) in [4.78, 5) is 35.6. The summed E-state index contributed by atoms with van der Waals surface area (Å²) in [5.74, 6) is -2.32. The molecule has 110 valence electrons. The number of carbonyl (C=O) groups is 3. The van der Waals surface area contributed by atoms with E-state index in [4.69, 9.17) is 10.2 Å². The molecular formula is C13H11BrN2O5. The molecule has 0 atom stereocenters. The second-order valence-corrected chi connectivity index (χ2v) is 5.11. The number of nitrogens with one attached hydrogen (secondary N) is 1. The molecule has 1 aliphatic heterocycles. The van der Waals surface area contributed by atoms with Crippen LogP contribution in [0.4, 0.5) is 5.69 Å². The van der Waals surface area contributed by atoms with Crippen LogP contribution in [0.3, 0.4) is 0 Å². The number of hydrogen-bond donors (Lipinski definition) is 3. The van der Waals surface area contributed by atoms with Gasteiger partial charge in [0.15, 0.2) is 0 Å². The van der Waals surface area contributed by atoms with Gasteiger partial charge < -0.3 is 15.5 Å². The van der Waals surface area contributed by atoms with E-state index in [1.807, 2.05) is 0 Å². The van der Waals surface area contributed by atoms with Crippen LogP contribution in [-0.4, -0.2) is 46.0 Å². The number of anilines is 1.